The van der Waals surface area contributed by atoms with Gasteiger partial charge >= 0.3 is 5.97 Å². The molecule has 0 aromatic carbocycles. The Bertz CT molecular complexity index is 339. The molecule has 0 fully saturated rings. The minimum absolute atomic E-state index is 0.104. The molecular formula is C8H12N2O4S. The first kappa shape index (κ1) is 12.0. The number of carbonyl (C=O) groups is 1. The number of rotatable bonds is 5. The van der Waals surface area contributed by atoms with Crippen molar-refractivity contribution in [2.45, 2.75) is 18.6 Å². The highest BCUT2D eigenvalue weighted by atomic mass is 32.2. The Morgan fingerprint density at radius 3 is 2.93 bits per heavy atom. The van der Waals surface area contributed by atoms with Gasteiger partial charge in [-0.1, -0.05) is 0 Å². The van der Waals surface area contributed by atoms with Gasteiger partial charge < -0.3 is 9.30 Å². The van der Waals surface area contributed by atoms with Crippen molar-refractivity contribution < 1.29 is 18.8 Å². The summed E-state index contributed by atoms with van der Waals surface area (Å²) >= 11 is 0.942. The molecule has 0 aliphatic rings. The predicted molar refractivity (Wildman–Crippen MR) is 52.9 cm³/mol. The number of esters is 1. The van der Waals surface area contributed by atoms with Gasteiger partial charge in [0.05, 0.1) is 19.9 Å². The largest absolute Gasteiger partial charge is 0.468 e. The van der Waals surface area contributed by atoms with Gasteiger partial charge in [-0.15, -0.1) is 0 Å². The Balaban J connectivity index is 2.72. The molecule has 0 N–H and O–H groups in total. The zero-order valence-corrected chi connectivity index (χ0v) is 9.54. The molecule has 0 aliphatic carbocycles. The van der Waals surface area contributed by atoms with E-state index in [0.29, 0.717) is 5.16 Å². The normalized spacial score (nSPS) is 10.3. The predicted octanol–water partition coefficient (Wildman–Crippen LogP) is 0.950. The molecule has 0 radical (unpaired) electrons. The molecule has 0 unspecified atom stereocenters. The number of hydrogen-bond donors (Lipinski definition) is 0. The van der Waals surface area contributed by atoms with Crippen LogP contribution in [0.2, 0.25) is 0 Å². The highest BCUT2D eigenvalue weighted by Crippen LogP contribution is 2.18. The monoisotopic (exact) mass is 232 g/mol. The van der Waals surface area contributed by atoms with Crippen molar-refractivity contribution in [2.75, 3.05) is 14.2 Å². The van der Waals surface area contributed by atoms with E-state index >= 15 is 0 Å². The van der Waals surface area contributed by atoms with E-state index in [4.69, 9.17) is 0 Å². The van der Waals surface area contributed by atoms with E-state index in [-0.39, 0.29) is 12.5 Å². The number of imidazole rings is 1. The van der Waals surface area contributed by atoms with Gasteiger partial charge in [0.25, 0.3) is 0 Å². The molecule has 0 aliphatic heterocycles. The number of methoxy groups -OCH3 is 1. The SMILES string of the molecule is COOSc1nc(C)cn1CC(=O)OC. The van der Waals surface area contributed by atoms with Crippen molar-refractivity contribution in [3.63, 3.8) is 0 Å². The molecule has 1 rings (SSSR count). The van der Waals surface area contributed by atoms with Gasteiger partial charge in [0.2, 0.25) is 0 Å². The van der Waals surface area contributed by atoms with Crippen molar-refractivity contribution >= 4 is 18.0 Å². The topological polar surface area (TPSA) is 62.6 Å². The first-order chi connectivity index (χ1) is 7.17. The summed E-state index contributed by atoms with van der Waals surface area (Å²) in [5.41, 5.74) is 0.793. The van der Waals surface area contributed by atoms with E-state index in [1.54, 1.807) is 10.8 Å². The number of aromatic nitrogens is 2. The van der Waals surface area contributed by atoms with Gasteiger partial charge in [-0.3, -0.25) is 4.79 Å². The summed E-state index contributed by atoms with van der Waals surface area (Å²) in [5, 5.41) is 0.541. The lowest BCUT2D eigenvalue weighted by Crippen LogP contribution is -2.11. The third-order valence-electron chi connectivity index (χ3n) is 1.56. The van der Waals surface area contributed by atoms with Crippen molar-refractivity contribution in [1.82, 2.24) is 9.55 Å². The van der Waals surface area contributed by atoms with Gasteiger partial charge in [0, 0.05) is 6.20 Å². The Morgan fingerprint density at radius 2 is 2.33 bits per heavy atom. The summed E-state index contributed by atoms with van der Waals surface area (Å²) in [4.78, 5) is 19.6. The fourth-order valence-electron chi connectivity index (χ4n) is 0.973. The maximum Gasteiger partial charge on any atom is 0.325 e. The minimum atomic E-state index is -0.341. The van der Waals surface area contributed by atoms with Gasteiger partial charge in [0.1, 0.15) is 18.6 Å². The average molecular weight is 232 g/mol. The number of carbonyl (C=O) groups excluding carboxylic acids is 1. The lowest BCUT2D eigenvalue weighted by Gasteiger charge is -2.03. The molecule has 6 nitrogen and oxygen atoms in total. The van der Waals surface area contributed by atoms with Crippen LogP contribution in [-0.4, -0.2) is 29.7 Å². The second-order valence-corrected chi connectivity index (χ2v) is 3.35. The molecule has 84 valence electrons. The van der Waals surface area contributed by atoms with Crippen LogP contribution in [-0.2, 0) is 25.3 Å². The number of aryl methyl sites for hydroxylation is 1. The van der Waals surface area contributed by atoms with Crippen LogP contribution >= 0.6 is 12.0 Å². The van der Waals surface area contributed by atoms with E-state index in [1.165, 1.54) is 14.2 Å². The van der Waals surface area contributed by atoms with Gasteiger partial charge in [-0.05, 0) is 6.92 Å². The zero-order chi connectivity index (χ0) is 11.3. The van der Waals surface area contributed by atoms with Crippen LogP contribution in [0.25, 0.3) is 0 Å². The summed E-state index contributed by atoms with van der Waals surface area (Å²) in [5.74, 6) is -0.341. The van der Waals surface area contributed by atoms with Crippen molar-refractivity contribution in [3.8, 4) is 0 Å². The average Bonchev–Trinajstić information content (AvgIpc) is 2.55. The van der Waals surface area contributed by atoms with Crippen molar-refractivity contribution in [2.24, 2.45) is 0 Å². The summed E-state index contributed by atoms with van der Waals surface area (Å²) in [6, 6.07) is 0. The molecule has 0 spiro atoms. The van der Waals surface area contributed by atoms with Crippen LogP contribution in [0.15, 0.2) is 11.4 Å². The molecule has 0 saturated heterocycles. The molecule has 0 bridgehead atoms. The third-order valence-corrected chi connectivity index (χ3v) is 2.24. The lowest BCUT2D eigenvalue weighted by atomic mass is 10.5. The second kappa shape index (κ2) is 5.74. The van der Waals surface area contributed by atoms with Crippen LogP contribution in [0.1, 0.15) is 5.69 Å². The molecule has 1 aromatic rings. The number of nitrogens with zero attached hydrogens (tertiary/aromatic N) is 2. The molecule has 15 heavy (non-hydrogen) atoms. The number of ether oxygens (including phenoxy) is 1. The fraction of sp³-hybridized carbons (Fsp3) is 0.500. The summed E-state index contributed by atoms with van der Waals surface area (Å²) in [6.07, 6.45) is 1.73. The summed E-state index contributed by atoms with van der Waals surface area (Å²) in [6.45, 7) is 1.93. The second-order valence-electron chi connectivity index (χ2n) is 2.69. The quantitative estimate of drug-likeness (QED) is 0.326. The smallest absolute Gasteiger partial charge is 0.325 e. The standard InChI is InChI=1S/C8H12N2O4S/c1-6-4-10(5-7(11)12-2)8(9-6)15-14-13-3/h4H,5H2,1-3H3. The molecule has 0 saturated carbocycles. The minimum Gasteiger partial charge on any atom is -0.468 e. The number of hydrogen-bond acceptors (Lipinski definition) is 6. The van der Waals surface area contributed by atoms with Gasteiger partial charge in [-0.2, -0.15) is 4.33 Å². The fourth-order valence-corrected chi connectivity index (χ4v) is 1.50. The van der Waals surface area contributed by atoms with E-state index in [1.807, 2.05) is 6.92 Å². The van der Waals surface area contributed by atoms with E-state index in [0.717, 1.165) is 17.7 Å². The Kier molecular flexibility index (Phi) is 4.60. The maximum absolute atomic E-state index is 11.1. The van der Waals surface area contributed by atoms with Gasteiger partial charge in [-0.25, -0.2) is 9.87 Å². The first-order valence-electron chi connectivity index (χ1n) is 4.15. The first-order valence-corrected chi connectivity index (χ1v) is 4.89. The molecule has 7 heteroatoms. The van der Waals surface area contributed by atoms with E-state index < -0.39 is 0 Å². The highest BCUT2D eigenvalue weighted by molar-refractivity contribution is 7.94. The van der Waals surface area contributed by atoms with Crippen molar-refractivity contribution in [3.05, 3.63) is 11.9 Å². The van der Waals surface area contributed by atoms with Crippen LogP contribution < -0.4 is 0 Å². The van der Waals surface area contributed by atoms with Crippen molar-refractivity contribution in [1.29, 1.82) is 0 Å². The van der Waals surface area contributed by atoms with Crippen LogP contribution in [0.5, 0.6) is 0 Å². The molecule has 1 aromatic heterocycles. The molecule has 1 heterocycles. The third kappa shape index (κ3) is 3.54. The zero-order valence-electron chi connectivity index (χ0n) is 8.72. The lowest BCUT2D eigenvalue weighted by molar-refractivity contribution is -0.160. The Hall–Kier alpha value is -1.05. The van der Waals surface area contributed by atoms with Gasteiger partial charge in [0.15, 0.2) is 5.16 Å². The summed E-state index contributed by atoms with van der Waals surface area (Å²) in [7, 11) is 2.73. The maximum atomic E-state index is 11.1. The molecule has 0 amide bonds. The van der Waals surface area contributed by atoms with Crippen LogP contribution in [0, 0.1) is 6.92 Å². The summed E-state index contributed by atoms with van der Waals surface area (Å²) < 4.78 is 10.9. The van der Waals surface area contributed by atoms with Crippen LogP contribution in [0.3, 0.4) is 0 Å². The van der Waals surface area contributed by atoms with Crippen LogP contribution in [0.4, 0.5) is 0 Å². The van der Waals surface area contributed by atoms with E-state index in [2.05, 4.69) is 18.9 Å². The Morgan fingerprint density at radius 1 is 1.60 bits per heavy atom. The Labute approximate surface area is 91.7 Å². The molecular weight excluding hydrogens is 220 g/mol. The highest BCUT2D eigenvalue weighted by Gasteiger charge is 2.11. The molecule has 0 atom stereocenters. The van der Waals surface area contributed by atoms with E-state index in [9.17, 15) is 4.79 Å².